The van der Waals surface area contributed by atoms with Crippen molar-refractivity contribution in [3.05, 3.63) is 0 Å². The monoisotopic (exact) mass is 236 g/mol. The van der Waals surface area contributed by atoms with E-state index in [4.69, 9.17) is 0 Å². The van der Waals surface area contributed by atoms with E-state index in [-0.39, 0.29) is 5.41 Å². The Morgan fingerprint density at radius 2 is 1.88 bits per heavy atom. The topological polar surface area (TPSA) is 17.1 Å². The summed E-state index contributed by atoms with van der Waals surface area (Å²) < 4.78 is 0. The maximum atomic E-state index is 12.0. The summed E-state index contributed by atoms with van der Waals surface area (Å²) in [4.78, 5) is 12.0. The Morgan fingerprint density at radius 1 is 1.24 bits per heavy atom. The van der Waals surface area contributed by atoms with Crippen molar-refractivity contribution in [3.8, 4) is 0 Å². The Bertz CT molecular complexity index is 317. The molecule has 0 aromatic carbocycles. The number of carbonyl (C=O) groups excluding carboxylic acids is 1. The van der Waals surface area contributed by atoms with Gasteiger partial charge in [0, 0.05) is 5.41 Å². The maximum absolute atomic E-state index is 12.0. The number of fused-ring (bicyclic) bond motifs is 1. The van der Waals surface area contributed by atoms with Crippen molar-refractivity contribution in [1.29, 1.82) is 0 Å². The Kier molecular flexibility index (Phi) is 3.16. The predicted octanol–water partition coefficient (Wildman–Crippen LogP) is 4.45. The normalized spacial score (nSPS) is 45.1. The quantitative estimate of drug-likeness (QED) is 0.657. The van der Waals surface area contributed by atoms with Gasteiger partial charge in [0.1, 0.15) is 5.78 Å². The van der Waals surface area contributed by atoms with Crippen molar-refractivity contribution in [2.24, 2.45) is 28.6 Å². The molecule has 0 spiro atoms. The van der Waals surface area contributed by atoms with Crippen LogP contribution in [-0.2, 0) is 4.79 Å². The number of ketones is 1. The summed E-state index contributed by atoms with van der Waals surface area (Å²) in [6.07, 6.45) is 6.52. The molecule has 1 heteroatoms. The molecule has 0 heterocycles. The lowest BCUT2D eigenvalue weighted by Crippen LogP contribution is -2.48. The van der Waals surface area contributed by atoms with Crippen LogP contribution in [0.5, 0.6) is 0 Å². The lowest BCUT2D eigenvalue weighted by Gasteiger charge is -2.54. The molecule has 1 nitrogen and oxygen atoms in total. The Hall–Kier alpha value is -0.330. The summed E-state index contributed by atoms with van der Waals surface area (Å²) in [5.41, 5.74) is 0.384. The first-order chi connectivity index (χ1) is 7.77. The summed E-state index contributed by atoms with van der Waals surface area (Å²) in [7, 11) is 0. The largest absolute Gasteiger partial charge is 0.299 e. The van der Waals surface area contributed by atoms with Crippen LogP contribution >= 0.6 is 0 Å². The fourth-order valence-electron chi connectivity index (χ4n) is 4.43. The highest BCUT2D eigenvalue weighted by molar-refractivity contribution is 5.82. The maximum Gasteiger partial charge on any atom is 0.135 e. The third-order valence-corrected chi connectivity index (χ3v) is 6.16. The molecule has 0 saturated heterocycles. The third kappa shape index (κ3) is 2.06. The molecular formula is C16H28O. The first kappa shape index (κ1) is 13.1. The van der Waals surface area contributed by atoms with Gasteiger partial charge in [-0.25, -0.2) is 0 Å². The molecule has 0 aromatic heterocycles. The van der Waals surface area contributed by atoms with E-state index in [9.17, 15) is 4.79 Å². The van der Waals surface area contributed by atoms with Gasteiger partial charge in [-0.05, 0) is 49.4 Å². The average molecular weight is 236 g/mol. The van der Waals surface area contributed by atoms with Crippen molar-refractivity contribution >= 4 is 5.78 Å². The molecule has 0 radical (unpaired) electrons. The van der Waals surface area contributed by atoms with Gasteiger partial charge in [0.2, 0.25) is 0 Å². The number of hydrogen-bond donors (Lipinski definition) is 0. The van der Waals surface area contributed by atoms with Crippen LogP contribution in [0, 0.1) is 28.6 Å². The second kappa shape index (κ2) is 4.10. The van der Waals surface area contributed by atoms with Crippen LogP contribution in [0.3, 0.4) is 0 Å². The number of hydrogen-bond acceptors (Lipinski definition) is 1. The fourth-order valence-corrected chi connectivity index (χ4v) is 4.43. The zero-order valence-electron chi connectivity index (χ0n) is 12.2. The van der Waals surface area contributed by atoms with E-state index in [1.165, 1.54) is 25.7 Å². The molecule has 2 aliphatic carbocycles. The smallest absolute Gasteiger partial charge is 0.135 e. The highest BCUT2D eigenvalue weighted by atomic mass is 16.1. The molecule has 2 fully saturated rings. The van der Waals surface area contributed by atoms with Gasteiger partial charge in [-0.1, -0.05) is 40.5 Å². The average Bonchev–Trinajstić information content (AvgIpc) is 2.21. The molecule has 0 aromatic rings. The van der Waals surface area contributed by atoms with E-state index in [2.05, 4.69) is 27.7 Å². The molecule has 0 N–H and O–H groups in total. The highest BCUT2D eigenvalue weighted by Crippen LogP contribution is 2.57. The fraction of sp³-hybridized carbons (Fsp3) is 0.938. The number of rotatable bonds is 1. The zero-order valence-corrected chi connectivity index (χ0v) is 12.2. The minimum absolute atomic E-state index is 0.0597. The van der Waals surface area contributed by atoms with Crippen molar-refractivity contribution in [3.63, 3.8) is 0 Å². The molecule has 4 atom stereocenters. The molecule has 2 aliphatic rings. The summed E-state index contributed by atoms with van der Waals surface area (Å²) in [6.45, 7) is 11.1. The minimum atomic E-state index is -0.0597. The highest BCUT2D eigenvalue weighted by Gasteiger charge is 2.50. The lowest BCUT2D eigenvalue weighted by atomic mass is 9.50. The van der Waals surface area contributed by atoms with Gasteiger partial charge in [0.25, 0.3) is 0 Å². The van der Waals surface area contributed by atoms with Crippen LogP contribution in [0.1, 0.15) is 66.7 Å². The zero-order chi connectivity index (χ0) is 12.8. The molecular weight excluding hydrogens is 208 g/mol. The summed E-state index contributed by atoms with van der Waals surface area (Å²) in [6, 6.07) is 0. The minimum Gasteiger partial charge on any atom is -0.299 e. The van der Waals surface area contributed by atoms with E-state index in [1.54, 1.807) is 6.92 Å². The lowest BCUT2D eigenvalue weighted by molar-refractivity contribution is -0.136. The first-order valence-electron chi connectivity index (χ1n) is 7.28. The standard InChI is InChI=1S/C16H28O/c1-11-9-13-7-6-8-15(3,4)14(13)10-16(11,5)12(2)17/h11,13-14H,6-10H2,1-5H3. The molecule has 0 aliphatic heterocycles. The molecule has 98 valence electrons. The van der Waals surface area contributed by atoms with Crippen LogP contribution in [0.15, 0.2) is 0 Å². The van der Waals surface area contributed by atoms with Crippen molar-refractivity contribution in [2.45, 2.75) is 66.7 Å². The molecule has 17 heavy (non-hydrogen) atoms. The Morgan fingerprint density at radius 3 is 2.47 bits per heavy atom. The second-order valence-electron chi connectivity index (χ2n) is 7.56. The van der Waals surface area contributed by atoms with E-state index in [1.807, 2.05) is 0 Å². The Balaban J connectivity index is 2.26. The summed E-state index contributed by atoms with van der Waals surface area (Å²) >= 11 is 0. The molecule has 0 amide bonds. The van der Waals surface area contributed by atoms with Crippen LogP contribution < -0.4 is 0 Å². The van der Waals surface area contributed by atoms with Gasteiger partial charge in [-0.15, -0.1) is 0 Å². The summed E-state index contributed by atoms with van der Waals surface area (Å²) in [5, 5.41) is 0. The van der Waals surface area contributed by atoms with Crippen LogP contribution in [0.2, 0.25) is 0 Å². The molecule has 0 bridgehead atoms. The van der Waals surface area contributed by atoms with E-state index >= 15 is 0 Å². The Labute approximate surface area is 106 Å². The van der Waals surface area contributed by atoms with Gasteiger partial charge >= 0.3 is 0 Å². The molecule has 2 saturated carbocycles. The number of carbonyl (C=O) groups is 1. The second-order valence-corrected chi connectivity index (χ2v) is 7.56. The number of Topliss-reactive ketones (excluding diaryl/α,β-unsaturated/α-hetero) is 1. The SMILES string of the molecule is CC(=O)C1(C)CC2C(CCCC2(C)C)CC1C. The van der Waals surface area contributed by atoms with Crippen LogP contribution in [0.25, 0.3) is 0 Å². The van der Waals surface area contributed by atoms with E-state index in [0.29, 0.717) is 17.1 Å². The first-order valence-corrected chi connectivity index (χ1v) is 7.28. The van der Waals surface area contributed by atoms with Gasteiger partial charge in [0.15, 0.2) is 0 Å². The van der Waals surface area contributed by atoms with Gasteiger partial charge in [-0.2, -0.15) is 0 Å². The summed E-state index contributed by atoms with van der Waals surface area (Å²) in [5.74, 6) is 2.61. The molecule has 4 unspecified atom stereocenters. The van der Waals surface area contributed by atoms with Gasteiger partial charge < -0.3 is 0 Å². The van der Waals surface area contributed by atoms with Gasteiger partial charge in [0.05, 0.1) is 0 Å². The van der Waals surface area contributed by atoms with E-state index in [0.717, 1.165) is 18.3 Å². The predicted molar refractivity (Wildman–Crippen MR) is 71.8 cm³/mol. The van der Waals surface area contributed by atoms with Crippen molar-refractivity contribution in [2.75, 3.05) is 0 Å². The van der Waals surface area contributed by atoms with Crippen molar-refractivity contribution in [1.82, 2.24) is 0 Å². The van der Waals surface area contributed by atoms with Crippen LogP contribution in [0.4, 0.5) is 0 Å². The van der Waals surface area contributed by atoms with Crippen molar-refractivity contribution < 1.29 is 4.79 Å². The van der Waals surface area contributed by atoms with Gasteiger partial charge in [-0.3, -0.25) is 4.79 Å². The van der Waals surface area contributed by atoms with Crippen LogP contribution in [-0.4, -0.2) is 5.78 Å². The van der Waals surface area contributed by atoms with E-state index < -0.39 is 0 Å². The molecule has 2 rings (SSSR count). The third-order valence-electron chi connectivity index (χ3n) is 6.16.